The summed E-state index contributed by atoms with van der Waals surface area (Å²) in [4.78, 5) is 10.7. The molecule has 1 fully saturated rings. The van der Waals surface area contributed by atoms with Gasteiger partial charge < -0.3 is 19.3 Å². The minimum Gasteiger partial charge on any atom is -0.502 e. The highest BCUT2D eigenvalue weighted by Gasteiger charge is 2.28. The molecule has 2 N–H and O–H groups in total. The van der Waals surface area contributed by atoms with E-state index in [0.29, 0.717) is 5.56 Å². The molecule has 0 aliphatic carbocycles. The van der Waals surface area contributed by atoms with E-state index in [9.17, 15) is 23.6 Å². The van der Waals surface area contributed by atoms with E-state index in [4.69, 9.17) is 14.2 Å². The third-order valence-electron chi connectivity index (χ3n) is 4.67. The van der Waals surface area contributed by atoms with Gasteiger partial charge in [-0.2, -0.15) is 9.41 Å². The molecule has 172 valence electrons. The number of rotatable bonds is 8. The molecule has 2 aromatic carbocycles. The number of benzene rings is 2. The van der Waals surface area contributed by atoms with Gasteiger partial charge in [0, 0.05) is 24.7 Å². The first kappa shape index (κ1) is 23.2. The minimum atomic E-state index is -3.89. The number of sulfonamides is 1. The summed E-state index contributed by atoms with van der Waals surface area (Å²) in [7, 11) is -1.13. The Labute approximate surface area is 184 Å². The summed E-state index contributed by atoms with van der Waals surface area (Å²) < 4.78 is 42.1. The third kappa shape index (κ3) is 4.90. The van der Waals surface area contributed by atoms with Gasteiger partial charge in [-0.15, -0.1) is 0 Å². The highest BCUT2D eigenvalue weighted by Crippen LogP contribution is 2.36. The maximum atomic E-state index is 12.8. The fourth-order valence-corrected chi connectivity index (χ4v) is 4.45. The van der Waals surface area contributed by atoms with E-state index in [-0.39, 0.29) is 54.1 Å². The highest BCUT2D eigenvalue weighted by atomic mass is 32.2. The number of methoxy groups -OCH3 is 2. The van der Waals surface area contributed by atoms with E-state index in [1.54, 1.807) is 0 Å². The first-order valence-corrected chi connectivity index (χ1v) is 10.8. The summed E-state index contributed by atoms with van der Waals surface area (Å²) in [5.41, 5.74) is 2.59. The van der Waals surface area contributed by atoms with Gasteiger partial charge in [0.15, 0.2) is 11.5 Å². The van der Waals surface area contributed by atoms with Crippen molar-refractivity contribution in [2.75, 3.05) is 45.9 Å². The fraction of sp³-hybridized carbons (Fsp3) is 0.316. The first-order valence-electron chi connectivity index (χ1n) is 9.38. The number of nitrogens with one attached hydrogen (secondary N) is 1. The summed E-state index contributed by atoms with van der Waals surface area (Å²) in [5.74, 6) is 0.150. The molecule has 1 aliphatic heterocycles. The van der Waals surface area contributed by atoms with Crippen LogP contribution in [0.1, 0.15) is 5.56 Å². The largest absolute Gasteiger partial charge is 0.502 e. The standard InChI is InChI=1S/C19H22N4O8S/c1-29-17-9-13(10-18(30-2)19(17)24)12-20-21-15-4-3-14(11-16(15)23(25)26)32(27,28)22-5-7-31-8-6-22/h3-4,9-12,21,24H,5-8H2,1-2H3/b20-12-. The SMILES string of the molecule is COc1cc(/C=N\Nc2ccc(S(=O)(=O)N3CCOCC3)cc2[N+](=O)[O-])cc(OC)c1O. The van der Waals surface area contributed by atoms with Gasteiger partial charge in [-0.05, 0) is 24.3 Å². The molecule has 12 nitrogen and oxygen atoms in total. The van der Waals surface area contributed by atoms with Crippen LogP contribution in [0.4, 0.5) is 11.4 Å². The van der Waals surface area contributed by atoms with Crippen LogP contribution in [0.3, 0.4) is 0 Å². The van der Waals surface area contributed by atoms with Crippen molar-refractivity contribution < 1.29 is 32.7 Å². The van der Waals surface area contributed by atoms with Crippen molar-refractivity contribution in [1.82, 2.24) is 4.31 Å². The Balaban J connectivity index is 1.85. The molecule has 1 heterocycles. The normalized spacial score (nSPS) is 14.9. The molecule has 0 spiro atoms. The van der Waals surface area contributed by atoms with Gasteiger partial charge in [-0.1, -0.05) is 0 Å². The van der Waals surface area contributed by atoms with E-state index in [1.165, 1.54) is 49.0 Å². The monoisotopic (exact) mass is 466 g/mol. The van der Waals surface area contributed by atoms with Crippen LogP contribution in [-0.4, -0.2) is 69.5 Å². The second kappa shape index (κ2) is 9.80. The van der Waals surface area contributed by atoms with Crippen LogP contribution >= 0.6 is 0 Å². The number of hydrazone groups is 1. The average Bonchev–Trinajstić information content (AvgIpc) is 2.80. The van der Waals surface area contributed by atoms with E-state index in [1.807, 2.05) is 0 Å². The van der Waals surface area contributed by atoms with Crippen LogP contribution in [0, 0.1) is 10.1 Å². The van der Waals surface area contributed by atoms with Crippen LogP contribution < -0.4 is 14.9 Å². The number of nitrogens with zero attached hydrogens (tertiary/aromatic N) is 3. The molecule has 0 bridgehead atoms. The van der Waals surface area contributed by atoms with Crippen molar-refractivity contribution in [3.8, 4) is 17.2 Å². The maximum Gasteiger partial charge on any atom is 0.295 e. The van der Waals surface area contributed by atoms with Crippen molar-refractivity contribution in [2.24, 2.45) is 5.10 Å². The highest BCUT2D eigenvalue weighted by molar-refractivity contribution is 7.89. The molecular formula is C19H22N4O8S. The molecule has 0 radical (unpaired) electrons. The van der Waals surface area contributed by atoms with Crippen LogP contribution in [0.2, 0.25) is 0 Å². The van der Waals surface area contributed by atoms with Gasteiger partial charge in [-0.3, -0.25) is 15.5 Å². The number of ether oxygens (including phenoxy) is 3. The molecule has 2 aromatic rings. The number of nitro benzene ring substituents is 1. The van der Waals surface area contributed by atoms with Crippen LogP contribution in [-0.2, 0) is 14.8 Å². The van der Waals surface area contributed by atoms with Crippen molar-refractivity contribution >= 4 is 27.6 Å². The van der Waals surface area contributed by atoms with Crippen molar-refractivity contribution in [2.45, 2.75) is 4.90 Å². The summed E-state index contributed by atoms with van der Waals surface area (Å²) in [6, 6.07) is 6.54. The third-order valence-corrected chi connectivity index (χ3v) is 6.57. The number of hydrogen-bond acceptors (Lipinski definition) is 10. The quantitative estimate of drug-likeness (QED) is 0.337. The maximum absolute atomic E-state index is 12.8. The van der Waals surface area contributed by atoms with E-state index >= 15 is 0 Å². The molecule has 0 amide bonds. The Bertz CT molecular complexity index is 1110. The summed E-state index contributed by atoms with van der Waals surface area (Å²) in [5, 5.41) is 25.5. The average molecular weight is 466 g/mol. The minimum absolute atomic E-state index is 0.00452. The Kier molecular flexibility index (Phi) is 7.12. The molecule has 0 atom stereocenters. The second-order valence-electron chi connectivity index (χ2n) is 6.60. The topological polar surface area (TPSA) is 153 Å². The molecule has 0 unspecified atom stereocenters. The molecule has 13 heteroatoms. The zero-order valence-electron chi connectivity index (χ0n) is 17.3. The van der Waals surface area contributed by atoms with E-state index in [0.717, 1.165) is 6.07 Å². The molecule has 32 heavy (non-hydrogen) atoms. The number of morpholine rings is 1. The molecule has 0 saturated carbocycles. The summed E-state index contributed by atoms with van der Waals surface area (Å²) >= 11 is 0. The van der Waals surface area contributed by atoms with E-state index in [2.05, 4.69) is 10.5 Å². The van der Waals surface area contributed by atoms with Crippen LogP contribution in [0.25, 0.3) is 0 Å². The van der Waals surface area contributed by atoms with Crippen LogP contribution in [0.5, 0.6) is 17.2 Å². The van der Waals surface area contributed by atoms with Gasteiger partial charge in [0.25, 0.3) is 5.69 Å². The Morgan fingerprint density at radius 3 is 2.38 bits per heavy atom. The van der Waals surface area contributed by atoms with Crippen molar-refractivity contribution in [3.63, 3.8) is 0 Å². The molecule has 0 aromatic heterocycles. The first-order chi connectivity index (χ1) is 15.3. The van der Waals surface area contributed by atoms with E-state index < -0.39 is 20.6 Å². The lowest BCUT2D eigenvalue weighted by Gasteiger charge is -2.26. The number of anilines is 1. The van der Waals surface area contributed by atoms with Crippen molar-refractivity contribution in [1.29, 1.82) is 0 Å². The molecule has 3 rings (SSSR count). The van der Waals surface area contributed by atoms with Gasteiger partial charge in [0.05, 0.1) is 43.5 Å². The fourth-order valence-electron chi connectivity index (χ4n) is 3.02. The smallest absolute Gasteiger partial charge is 0.295 e. The Hall–Kier alpha value is -3.42. The van der Waals surface area contributed by atoms with Crippen molar-refractivity contribution in [3.05, 3.63) is 46.0 Å². The number of nitro groups is 1. The molecular weight excluding hydrogens is 444 g/mol. The summed E-state index contributed by atoms with van der Waals surface area (Å²) in [6.45, 7) is 0.894. The van der Waals surface area contributed by atoms with Gasteiger partial charge in [-0.25, -0.2) is 8.42 Å². The lowest BCUT2D eigenvalue weighted by molar-refractivity contribution is -0.384. The zero-order valence-corrected chi connectivity index (χ0v) is 18.2. The lowest BCUT2D eigenvalue weighted by atomic mass is 10.2. The number of phenolic OH excluding ortho intramolecular Hbond substituents is 1. The lowest BCUT2D eigenvalue weighted by Crippen LogP contribution is -2.40. The number of aromatic hydroxyl groups is 1. The van der Waals surface area contributed by atoms with Gasteiger partial charge in [0.1, 0.15) is 5.69 Å². The predicted molar refractivity (Wildman–Crippen MR) is 115 cm³/mol. The number of hydrogen-bond donors (Lipinski definition) is 2. The Morgan fingerprint density at radius 2 is 1.81 bits per heavy atom. The van der Waals surface area contributed by atoms with Gasteiger partial charge in [0.2, 0.25) is 15.8 Å². The molecule has 1 saturated heterocycles. The summed E-state index contributed by atoms with van der Waals surface area (Å²) in [6.07, 6.45) is 1.34. The Morgan fingerprint density at radius 1 is 1.19 bits per heavy atom. The molecule has 1 aliphatic rings. The second-order valence-corrected chi connectivity index (χ2v) is 8.53. The van der Waals surface area contributed by atoms with Crippen LogP contribution in [0.15, 0.2) is 40.3 Å². The zero-order chi connectivity index (χ0) is 23.3. The number of phenols is 1. The van der Waals surface area contributed by atoms with Gasteiger partial charge >= 0.3 is 0 Å². The predicted octanol–water partition coefficient (Wildman–Crippen LogP) is 1.78.